The van der Waals surface area contributed by atoms with Crippen LogP contribution in [0.4, 0.5) is 0 Å². The average molecular weight is 224 g/mol. The van der Waals surface area contributed by atoms with Gasteiger partial charge < -0.3 is 9.73 Å². The van der Waals surface area contributed by atoms with Crippen molar-refractivity contribution in [1.29, 1.82) is 0 Å². The third kappa shape index (κ3) is 3.07. The molecule has 0 aromatic carbocycles. The quantitative estimate of drug-likeness (QED) is 0.346. The first-order valence-corrected chi connectivity index (χ1v) is 5.29. The highest BCUT2D eigenvalue weighted by molar-refractivity contribution is 8.04. The Labute approximate surface area is 92.5 Å². The van der Waals surface area contributed by atoms with Crippen LogP contribution in [0.5, 0.6) is 0 Å². The van der Waals surface area contributed by atoms with Crippen LogP contribution in [0.3, 0.4) is 0 Å². The van der Waals surface area contributed by atoms with Crippen LogP contribution in [0, 0.1) is 0 Å². The predicted octanol–water partition coefficient (Wildman–Crippen LogP) is 1.76. The van der Waals surface area contributed by atoms with Gasteiger partial charge in [0.25, 0.3) is 0 Å². The molecule has 0 saturated heterocycles. The molecule has 0 fully saturated rings. The second-order valence-electron chi connectivity index (χ2n) is 2.61. The Morgan fingerprint density at radius 2 is 2.60 bits per heavy atom. The zero-order valence-corrected chi connectivity index (χ0v) is 9.21. The molecule has 0 atom stereocenters. The van der Waals surface area contributed by atoms with Crippen molar-refractivity contribution in [2.45, 2.75) is 0 Å². The molecule has 0 aliphatic heterocycles. The third-order valence-corrected chi connectivity index (χ3v) is 2.66. The lowest BCUT2D eigenvalue weighted by atomic mass is 10.3. The normalized spacial score (nSPS) is 12.1. The van der Waals surface area contributed by atoms with Crippen molar-refractivity contribution in [3.05, 3.63) is 29.1 Å². The van der Waals surface area contributed by atoms with Crippen molar-refractivity contribution in [2.24, 2.45) is 4.99 Å². The Morgan fingerprint density at radius 1 is 1.80 bits per heavy atom. The number of carbonyl (C=O) groups is 1. The summed E-state index contributed by atoms with van der Waals surface area (Å²) >= 11 is 1.36. The second kappa shape index (κ2) is 6.21. The number of furan rings is 1. The fourth-order valence-corrected chi connectivity index (χ4v) is 1.67. The smallest absolute Gasteiger partial charge is 0.158 e. The van der Waals surface area contributed by atoms with Crippen molar-refractivity contribution >= 4 is 30.5 Å². The zero-order valence-electron chi connectivity index (χ0n) is 8.40. The predicted molar refractivity (Wildman–Crippen MR) is 62.8 cm³/mol. The van der Waals surface area contributed by atoms with Gasteiger partial charge in [-0.2, -0.15) is 0 Å². The second-order valence-corrected chi connectivity index (χ2v) is 3.63. The number of hydrogen-bond donors (Lipinski definition) is 1. The first-order chi connectivity index (χ1) is 7.33. The van der Waals surface area contributed by atoms with Crippen molar-refractivity contribution in [3.63, 3.8) is 0 Å². The molecule has 0 saturated carbocycles. The number of aliphatic imine (C=N–C) groups is 1. The molecule has 1 aromatic rings. The molecule has 0 aliphatic rings. The Morgan fingerprint density at radius 3 is 3.07 bits per heavy atom. The van der Waals surface area contributed by atoms with E-state index in [0.717, 1.165) is 6.29 Å². The van der Waals surface area contributed by atoms with Gasteiger partial charge in [-0.25, -0.2) is 0 Å². The summed E-state index contributed by atoms with van der Waals surface area (Å²) in [4.78, 5) is 15.2. The van der Waals surface area contributed by atoms with Gasteiger partial charge in [0.1, 0.15) is 5.70 Å². The van der Waals surface area contributed by atoms with Crippen LogP contribution >= 0.6 is 11.8 Å². The van der Waals surface area contributed by atoms with E-state index in [-0.39, 0.29) is 0 Å². The summed E-state index contributed by atoms with van der Waals surface area (Å²) in [6.45, 7) is 3.43. The molecular weight excluding hydrogens is 212 g/mol. The molecule has 15 heavy (non-hydrogen) atoms. The standard InChI is InChI=1S/C10H12N2O2S/c1-11-7-15-9(6-13)10(12-2)8-4-3-5-14-8/h3-6,11H,2,7H2,1H3/b10-9-. The SMILES string of the molecule is C=N/C(=C(/C=O)SCNC)c1ccco1. The first-order valence-electron chi connectivity index (χ1n) is 4.31. The van der Waals surface area contributed by atoms with E-state index in [9.17, 15) is 4.79 Å². The molecule has 0 amide bonds. The number of carbonyl (C=O) groups excluding carboxylic acids is 1. The Bertz CT molecular complexity index is 358. The molecule has 0 aliphatic carbocycles. The van der Waals surface area contributed by atoms with Gasteiger partial charge in [0, 0.05) is 5.88 Å². The maximum absolute atomic E-state index is 10.9. The summed E-state index contributed by atoms with van der Waals surface area (Å²) in [5, 5.41) is 2.93. The highest BCUT2D eigenvalue weighted by Gasteiger charge is 2.10. The molecule has 4 nitrogen and oxygen atoms in total. The van der Waals surface area contributed by atoms with Gasteiger partial charge in [0.15, 0.2) is 12.0 Å². The van der Waals surface area contributed by atoms with Gasteiger partial charge in [0.05, 0.1) is 11.2 Å². The van der Waals surface area contributed by atoms with Crippen molar-refractivity contribution in [2.75, 3.05) is 12.9 Å². The van der Waals surface area contributed by atoms with Gasteiger partial charge in [-0.05, 0) is 25.9 Å². The Balaban J connectivity index is 2.98. The van der Waals surface area contributed by atoms with E-state index >= 15 is 0 Å². The van der Waals surface area contributed by atoms with Crippen molar-refractivity contribution in [1.82, 2.24) is 5.32 Å². The van der Waals surface area contributed by atoms with Crippen molar-refractivity contribution < 1.29 is 9.21 Å². The van der Waals surface area contributed by atoms with Crippen LogP contribution in [-0.4, -0.2) is 25.9 Å². The van der Waals surface area contributed by atoms with Gasteiger partial charge in [-0.15, -0.1) is 11.8 Å². The molecule has 0 radical (unpaired) electrons. The third-order valence-electron chi connectivity index (χ3n) is 1.63. The van der Waals surface area contributed by atoms with Crippen LogP contribution in [-0.2, 0) is 4.79 Å². The summed E-state index contributed by atoms with van der Waals surface area (Å²) in [5.41, 5.74) is 0.482. The number of hydrogen-bond acceptors (Lipinski definition) is 5. The van der Waals surface area contributed by atoms with E-state index in [4.69, 9.17) is 4.42 Å². The van der Waals surface area contributed by atoms with E-state index in [1.165, 1.54) is 18.0 Å². The molecule has 1 heterocycles. The molecule has 5 heteroatoms. The molecule has 80 valence electrons. The van der Waals surface area contributed by atoms with Gasteiger partial charge in [0.2, 0.25) is 0 Å². The number of nitrogens with zero attached hydrogens (tertiary/aromatic N) is 1. The molecule has 1 N–H and O–H groups in total. The molecule has 1 rings (SSSR count). The van der Waals surface area contributed by atoms with Gasteiger partial charge >= 0.3 is 0 Å². The minimum absolute atomic E-state index is 0.482. The molecule has 0 unspecified atom stereocenters. The monoisotopic (exact) mass is 224 g/mol. The van der Waals surface area contributed by atoms with Crippen LogP contribution in [0.2, 0.25) is 0 Å². The lowest BCUT2D eigenvalue weighted by molar-refractivity contribution is -0.104. The van der Waals surface area contributed by atoms with Crippen LogP contribution in [0.15, 0.2) is 32.7 Å². The highest BCUT2D eigenvalue weighted by atomic mass is 32.2. The topological polar surface area (TPSA) is 54.6 Å². The number of thioether (sulfide) groups is 1. The van der Waals surface area contributed by atoms with E-state index in [2.05, 4.69) is 17.0 Å². The molecule has 0 spiro atoms. The minimum Gasteiger partial charge on any atom is -0.463 e. The number of allylic oxidation sites excluding steroid dienone is 1. The number of rotatable bonds is 6. The van der Waals surface area contributed by atoms with Crippen LogP contribution in [0.25, 0.3) is 5.70 Å². The molecular formula is C10H12N2O2S. The summed E-state index contributed by atoms with van der Waals surface area (Å²) in [5.74, 6) is 1.18. The fraction of sp³-hybridized carbons (Fsp3) is 0.200. The fourth-order valence-electron chi connectivity index (χ4n) is 0.999. The van der Waals surface area contributed by atoms with E-state index in [0.29, 0.717) is 22.2 Å². The van der Waals surface area contributed by atoms with E-state index < -0.39 is 0 Å². The lowest BCUT2D eigenvalue weighted by Crippen LogP contribution is -2.04. The van der Waals surface area contributed by atoms with Crippen LogP contribution in [0.1, 0.15) is 5.76 Å². The minimum atomic E-state index is 0.482. The highest BCUT2D eigenvalue weighted by Crippen LogP contribution is 2.25. The summed E-state index contributed by atoms with van der Waals surface area (Å²) in [6, 6.07) is 3.49. The summed E-state index contributed by atoms with van der Waals surface area (Å²) in [6.07, 6.45) is 2.29. The Hall–Kier alpha value is -1.33. The lowest BCUT2D eigenvalue weighted by Gasteiger charge is -2.03. The van der Waals surface area contributed by atoms with Gasteiger partial charge in [-0.1, -0.05) is 0 Å². The van der Waals surface area contributed by atoms with E-state index in [1.54, 1.807) is 12.1 Å². The average Bonchev–Trinajstić information content (AvgIpc) is 2.77. The summed E-state index contributed by atoms with van der Waals surface area (Å²) in [7, 11) is 1.81. The summed E-state index contributed by atoms with van der Waals surface area (Å²) < 4.78 is 5.17. The van der Waals surface area contributed by atoms with E-state index in [1.807, 2.05) is 7.05 Å². The van der Waals surface area contributed by atoms with Gasteiger partial charge in [-0.3, -0.25) is 9.79 Å². The Kier molecular flexibility index (Phi) is 4.86. The maximum atomic E-state index is 10.9. The largest absolute Gasteiger partial charge is 0.463 e. The zero-order chi connectivity index (χ0) is 11.1. The van der Waals surface area contributed by atoms with Crippen LogP contribution < -0.4 is 5.32 Å². The molecule has 1 aromatic heterocycles. The van der Waals surface area contributed by atoms with Crippen molar-refractivity contribution in [3.8, 4) is 0 Å². The first kappa shape index (κ1) is 11.7. The maximum Gasteiger partial charge on any atom is 0.158 e. The molecule has 0 bridgehead atoms. The number of nitrogens with one attached hydrogen (secondary N) is 1. The number of aldehydes is 1.